The molecule has 0 amide bonds. The molecular formula is C12H16ClN. The van der Waals surface area contributed by atoms with Crippen molar-refractivity contribution in [2.24, 2.45) is 0 Å². The zero-order chi connectivity index (χ0) is 10.2. The van der Waals surface area contributed by atoms with Gasteiger partial charge in [0.1, 0.15) is 0 Å². The lowest BCUT2D eigenvalue weighted by molar-refractivity contribution is 0.551. The molecule has 0 heterocycles. The quantitative estimate of drug-likeness (QED) is 0.783. The third-order valence-corrected chi connectivity index (χ3v) is 2.36. The van der Waals surface area contributed by atoms with Crippen molar-refractivity contribution >= 4 is 11.6 Å². The van der Waals surface area contributed by atoms with Gasteiger partial charge in [-0.25, -0.2) is 0 Å². The highest BCUT2D eigenvalue weighted by Gasteiger charge is 2.05. The Kier molecular flexibility index (Phi) is 5.35. The van der Waals surface area contributed by atoms with E-state index in [9.17, 15) is 0 Å². The summed E-state index contributed by atoms with van der Waals surface area (Å²) in [7, 11) is 0. The summed E-state index contributed by atoms with van der Waals surface area (Å²) in [5.74, 6) is 0. The molecule has 0 radical (unpaired) electrons. The highest BCUT2D eigenvalue weighted by molar-refractivity contribution is 6.25. The van der Waals surface area contributed by atoms with Crippen LogP contribution in [0, 0.1) is 0 Å². The minimum atomic E-state index is 0.420. The molecule has 1 rings (SSSR count). The topological polar surface area (TPSA) is 12.0 Å². The number of rotatable bonds is 5. The Morgan fingerprint density at radius 1 is 1.36 bits per heavy atom. The standard InChI is InChI=1S/C12H16ClN/c1-2-12(14-10-6-9-13)11-7-4-3-5-8-11/h3-9,12,14H,2,10H2,1H3/b9-6+. The van der Waals surface area contributed by atoms with Crippen LogP contribution in [0.2, 0.25) is 0 Å². The molecule has 0 aliphatic carbocycles. The van der Waals surface area contributed by atoms with Gasteiger partial charge >= 0.3 is 0 Å². The van der Waals surface area contributed by atoms with Crippen LogP contribution in [0.1, 0.15) is 24.9 Å². The summed E-state index contributed by atoms with van der Waals surface area (Å²) in [6.07, 6.45) is 2.99. The van der Waals surface area contributed by atoms with Crippen LogP contribution in [0.4, 0.5) is 0 Å². The van der Waals surface area contributed by atoms with E-state index in [1.807, 2.05) is 12.1 Å². The third kappa shape index (κ3) is 3.52. The Balaban J connectivity index is 2.54. The number of hydrogen-bond acceptors (Lipinski definition) is 1. The van der Waals surface area contributed by atoms with E-state index < -0.39 is 0 Å². The minimum Gasteiger partial charge on any atom is -0.306 e. The van der Waals surface area contributed by atoms with Crippen LogP contribution in [-0.4, -0.2) is 6.54 Å². The van der Waals surface area contributed by atoms with Crippen LogP contribution >= 0.6 is 11.6 Å². The minimum absolute atomic E-state index is 0.420. The first kappa shape index (κ1) is 11.3. The summed E-state index contributed by atoms with van der Waals surface area (Å²) in [6, 6.07) is 10.9. The lowest BCUT2D eigenvalue weighted by Crippen LogP contribution is -2.20. The van der Waals surface area contributed by atoms with Gasteiger partial charge in [-0.3, -0.25) is 0 Å². The smallest absolute Gasteiger partial charge is 0.0320 e. The van der Waals surface area contributed by atoms with Gasteiger partial charge in [0.2, 0.25) is 0 Å². The van der Waals surface area contributed by atoms with Crippen molar-refractivity contribution < 1.29 is 0 Å². The van der Waals surface area contributed by atoms with Gasteiger partial charge in [-0.15, -0.1) is 0 Å². The molecule has 0 aliphatic heterocycles. The zero-order valence-corrected chi connectivity index (χ0v) is 9.17. The van der Waals surface area contributed by atoms with Crippen LogP contribution < -0.4 is 5.32 Å². The van der Waals surface area contributed by atoms with Gasteiger partial charge in [-0.1, -0.05) is 54.9 Å². The first-order valence-corrected chi connectivity index (χ1v) is 5.35. The normalized spacial score (nSPS) is 13.3. The number of nitrogens with one attached hydrogen (secondary N) is 1. The highest BCUT2D eigenvalue weighted by Crippen LogP contribution is 2.15. The number of benzene rings is 1. The molecule has 1 aromatic carbocycles. The van der Waals surface area contributed by atoms with E-state index in [2.05, 4.69) is 36.5 Å². The Hall–Kier alpha value is -0.790. The molecule has 76 valence electrons. The van der Waals surface area contributed by atoms with Gasteiger partial charge in [0.15, 0.2) is 0 Å². The molecule has 1 aromatic rings. The molecule has 0 aliphatic rings. The summed E-state index contributed by atoms with van der Waals surface area (Å²) >= 11 is 5.45. The lowest BCUT2D eigenvalue weighted by Gasteiger charge is -2.15. The fraction of sp³-hybridized carbons (Fsp3) is 0.333. The molecule has 0 aromatic heterocycles. The summed E-state index contributed by atoms with van der Waals surface area (Å²) in [4.78, 5) is 0. The van der Waals surface area contributed by atoms with Gasteiger partial charge in [0.25, 0.3) is 0 Å². The molecule has 14 heavy (non-hydrogen) atoms. The summed E-state index contributed by atoms with van der Waals surface area (Å²) in [5.41, 5.74) is 2.88. The van der Waals surface area contributed by atoms with E-state index in [-0.39, 0.29) is 0 Å². The average molecular weight is 210 g/mol. The maximum Gasteiger partial charge on any atom is 0.0320 e. The average Bonchev–Trinajstić information content (AvgIpc) is 2.26. The van der Waals surface area contributed by atoms with E-state index in [0.29, 0.717) is 6.04 Å². The zero-order valence-electron chi connectivity index (χ0n) is 8.41. The van der Waals surface area contributed by atoms with Crippen molar-refractivity contribution in [3.63, 3.8) is 0 Å². The third-order valence-electron chi connectivity index (χ3n) is 2.18. The van der Waals surface area contributed by atoms with Gasteiger partial charge in [-0.05, 0) is 12.0 Å². The fourth-order valence-corrected chi connectivity index (χ4v) is 1.53. The van der Waals surface area contributed by atoms with E-state index >= 15 is 0 Å². The second kappa shape index (κ2) is 6.63. The van der Waals surface area contributed by atoms with Crippen LogP contribution in [0.5, 0.6) is 0 Å². The van der Waals surface area contributed by atoms with E-state index in [1.165, 1.54) is 5.56 Å². The Labute approximate surface area is 90.8 Å². The highest BCUT2D eigenvalue weighted by atomic mass is 35.5. The second-order valence-electron chi connectivity index (χ2n) is 3.14. The molecule has 1 atom stereocenters. The Bertz CT molecular complexity index is 269. The van der Waals surface area contributed by atoms with Crippen molar-refractivity contribution in [3.8, 4) is 0 Å². The molecule has 0 fully saturated rings. The van der Waals surface area contributed by atoms with E-state index in [0.717, 1.165) is 13.0 Å². The molecule has 1 N–H and O–H groups in total. The molecule has 1 unspecified atom stereocenters. The Morgan fingerprint density at radius 3 is 2.64 bits per heavy atom. The summed E-state index contributed by atoms with van der Waals surface area (Å²) < 4.78 is 0. The SMILES string of the molecule is CCC(NC/C=C/Cl)c1ccccc1. The predicted octanol–water partition coefficient (Wildman–Crippen LogP) is 3.48. The predicted molar refractivity (Wildman–Crippen MR) is 62.5 cm³/mol. The fourth-order valence-electron chi connectivity index (χ4n) is 1.44. The van der Waals surface area contributed by atoms with Gasteiger partial charge < -0.3 is 5.32 Å². The van der Waals surface area contributed by atoms with Crippen LogP contribution in [0.3, 0.4) is 0 Å². The second-order valence-corrected chi connectivity index (χ2v) is 3.39. The molecule has 0 saturated carbocycles. The van der Waals surface area contributed by atoms with Crippen molar-refractivity contribution in [2.45, 2.75) is 19.4 Å². The van der Waals surface area contributed by atoms with Gasteiger partial charge in [-0.2, -0.15) is 0 Å². The first-order chi connectivity index (χ1) is 6.88. The van der Waals surface area contributed by atoms with E-state index in [1.54, 1.807) is 5.54 Å². The molecule has 2 heteroatoms. The van der Waals surface area contributed by atoms with Crippen molar-refractivity contribution in [1.82, 2.24) is 5.32 Å². The molecule has 0 spiro atoms. The van der Waals surface area contributed by atoms with Crippen LogP contribution in [-0.2, 0) is 0 Å². The maximum absolute atomic E-state index is 5.45. The molecular weight excluding hydrogens is 194 g/mol. The number of hydrogen-bond donors (Lipinski definition) is 1. The van der Waals surface area contributed by atoms with Crippen molar-refractivity contribution in [1.29, 1.82) is 0 Å². The lowest BCUT2D eigenvalue weighted by atomic mass is 10.1. The first-order valence-electron chi connectivity index (χ1n) is 4.92. The van der Waals surface area contributed by atoms with Gasteiger partial charge in [0, 0.05) is 18.1 Å². The van der Waals surface area contributed by atoms with E-state index in [4.69, 9.17) is 11.6 Å². The molecule has 0 saturated heterocycles. The van der Waals surface area contributed by atoms with Crippen LogP contribution in [0.25, 0.3) is 0 Å². The molecule has 1 nitrogen and oxygen atoms in total. The van der Waals surface area contributed by atoms with Crippen molar-refractivity contribution in [2.75, 3.05) is 6.54 Å². The largest absolute Gasteiger partial charge is 0.306 e. The van der Waals surface area contributed by atoms with Crippen molar-refractivity contribution in [3.05, 3.63) is 47.5 Å². The summed E-state index contributed by atoms with van der Waals surface area (Å²) in [6.45, 7) is 2.99. The monoisotopic (exact) mass is 209 g/mol. The number of halogens is 1. The summed E-state index contributed by atoms with van der Waals surface area (Å²) in [5, 5.41) is 3.42. The van der Waals surface area contributed by atoms with Gasteiger partial charge in [0.05, 0.1) is 0 Å². The molecule has 0 bridgehead atoms. The maximum atomic E-state index is 5.45. The van der Waals surface area contributed by atoms with Crippen LogP contribution in [0.15, 0.2) is 41.9 Å². The Morgan fingerprint density at radius 2 is 2.07 bits per heavy atom.